The number of likely N-dealkylation sites (tertiary alicyclic amines) is 1. The van der Waals surface area contributed by atoms with Gasteiger partial charge in [0.2, 0.25) is 11.8 Å². The minimum atomic E-state index is -0.284. The lowest BCUT2D eigenvalue weighted by Crippen LogP contribution is -2.49. The van der Waals surface area contributed by atoms with Gasteiger partial charge in [0.25, 0.3) is 0 Å². The predicted molar refractivity (Wildman–Crippen MR) is 67.2 cm³/mol. The Morgan fingerprint density at radius 3 is 2.37 bits per heavy atom. The van der Waals surface area contributed by atoms with Crippen molar-refractivity contribution < 1.29 is 14.4 Å². The van der Waals surface area contributed by atoms with Crippen LogP contribution in [0.1, 0.15) is 32.1 Å². The van der Waals surface area contributed by atoms with Crippen LogP contribution in [-0.2, 0) is 9.59 Å². The van der Waals surface area contributed by atoms with E-state index in [4.69, 9.17) is 0 Å². The molecule has 0 aromatic carbocycles. The van der Waals surface area contributed by atoms with Gasteiger partial charge in [0.05, 0.1) is 6.54 Å². The summed E-state index contributed by atoms with van der Waals surface area (Å²) >= 11 is 0. The van der Waals surface area contributed by atoms with E-state index in [2.05, 4.69) is 5.32 Å². The zero-order valence-corrected chi connectivity index (χ0v) is 10.9. The molecule has 104 valence electrons. The van der Waals surface area contributed by atoms with Crippen molar-refractivity contribution in [3.8, 4) is 0 Å². The summed E-state index contributed by atoms with van der Waals surface area (Å²) in [5, 5.41) is 2.54. The molecule has 3 rings (SSSR count). The number of amides is 4. The second-order valence-electron chi connectivity index (χ2n) is 5.68. The maximum absolute atomic E-state index is 12.0. The molecule has 1 N–H and O–H groups in total. The highest BCUT2D eigenvalue weighted by Crippen LogP contribution is 2.33. The van der Waals surface area contributed by atoms with Gasteiger partial charge in [-0.2, -0.15) is 0 Å². The monoisotopic (exact) mass is 265 g/mol. The summed E-state index contributed by atoms with van der Waals surface area (Å²) in [4.78, 5) is 38.4. The number of imide groups is 1. The number of carbonyl (C=O) groups excluding carboxylic acids is 3. The molecule has 3 fully saturated rings. The Labute approximate surface area is 112 Å². The summed E-state index contributed by atoms with van der Waals surface area (Å²) in [6.45, 7) is 1.43. The minimum absolute atomic E-state index is 0.0417. The Morgan fingerprint density at radius 2 is 1.84 bits per heavy atom. The van der Waals surface area contributed by atoms with Crippen LogP contribution in [-0.4, -0.2) is 53.3 Å². The summed E-state index contributed by atoms with van der Waals surface area (Å²) in [6, 6.07) is -0.326. The van der Waals surface area contributed by atoms with Crippen molar-refractivity contribution in [3.05, 3.63) is 0 Å². The molecule has 0 unspecified atom stereocenters. The maximum Gasteiger partial charge on any atom is 0.324 e. The van der Waals surface area contributed by atoms with Crippen LogP contribution < -0.4 is 5.32 Å². The molecule has 2 aliphatic heterocycles. The van der Waals surface area contributed by atoms with E-state index in [1.54, 1.807) is 0 Å². The van der Waals surface area contributed by atoms with Crippen LogP contribution in [0.3, 0.4) is 0 Å². The molecule has 6 nitrogen and oxygen atoms in total. The second kappa shape index (κ2) is 4.83. The van der Waals surface area contributed by atoms with Crippen LogP contribution in [0.25, 0.3) is 0 Å². The first kappa shape index (κ1) is 12.4. The largest absolute Gasteiger partial charge is 0.343 e. The number of hydrogen-bond acceptors (Lipinski definition) is 3. The quantitative estimate of drug-likeness (QED) is 0.748. The molecular weight excluding hydrogens is 246 g/mol. The third-order valence-corrected chi connectivity index (χ3v) is 4.22. The van der Waals surface area contributed by atoms with Crippen LogP contribution >= 0.6 is 0 Å². The number of urea groups is 1. The molecular formula is C13H19N3O3. The van der Waals surface area contributed by atoms with Crippen LogP contribution in [0.5, 0.6) is 0 Å². The summed E-state index contributed by atoms with van der Waals surface area (Å²) < 4.78 is 0. The van der Waals surface area contributed by atoms with E-state index >= 15 is 0 Å². The molecule has 0 radical (unpaired) electrons. The standard InChI is InChI=1S/C13H19N3O3/c17-11(7-9-1-2-9)15-5-3-10(4-6-15)16-12(18)8-14-13(16)19/h9-10H,1-8H2,(H,14,19). The predicted octanol–water partition coefficient (Wildman–Crippen LogP) is 0.329. The molecule has 1 saturated carbocycles. The summed E-state index contributed by atoms with van der Waals surface area (Å²) in [7, 11) is 0. The molecule has 0 aromatic heterocycles. The Kier molecular flexibility index (Phi) is 3.16. The summed E-state index contributed by atoms with van der Waals surface area (Å²) in [6.07, 6.45) is 4.45. The van der Waals surface area contributed by atoms with Gasteiger partial charge in [-0.05, 0) is 31.6 Å². The van der Waals surface area contributed by atoms with E-state index < -0.39 is 0 Å². The van der Waals surface area contributed by atoms with Gasteiger partial charge in [-0.3, -0.25) is 14.5 Å². The smallest absolute Gasteiger partial charge is 0.324 e. The van der Waals surface area contributed by atoms with E-state index in [0.29, 0.717) is 38.3 Å². The highest BCUT2D eigenvalue weighted by atomic mass is 16.2. The molecule has 3 aliphatic rings. The Balaban J connectivity index is 1.52. The number of nitrogens with zero attached hydrogens (tertiary/aromatic N) is 2. The highest BCUT2D eigenvalue weighted by molar-refractivity contribution is 6.02. The van der Waals surface area contributed by atoms with Crippen LogP contribution in [0.2, 0.25) is 0 Å². The van der Waals surface area contributed by atoms with Crippen molar-refractivity contribution in [2.75, 3.05) is 19.6 Å². The number of nitrogens with one attached hydrogen (secondary N) is 1. The highest BCUT2D eigenvalue weighted by Gasteiger charge is 2.37. The molecule has 19 heavy (non-hydrogen) atoms. The van der Waals surface area contributed by atoms with E-state index in [1.807, 2.05) is 4.90 Å². The van der Waals surface area contributed by atoms with Gasteiger partial charge < -0.3 is 10.2 Å². The lowest BCUT2D eigenvalue weighted by molar-refractivity contribution is -0.133. The van der Waals surface area contributed by atoms with E-state index in [1.165, 1.54) is 17.7 Å². The molecule has 0 spiro atoms. The van der Waals surface area contributed by atoms with Crippen molar-refractivity contribution in [2.45, 2.75) is 38.1 Å². The van der Waals surface area contributed by atoms with Crippen molar-refractivity contribution in [2.24, 2.45) is 5.92 Å². The fourth-order valence-corrected chi connectivity index (χ4v) is 2.88. The van der Waals surface area contributed by atoms with Crippen LogP contribution in [0, 0.1) is 5.92 Å². The fourth-order valence-electron chi connectivity index (χ4n) is 2.88. The van der Waals surface area contributed by atoms with E-state index in [0.717, 1.165) is 0 Å². The summed E-state index contributed by atoms with van der Waals surface area (Å²) in [5.74, 6) is 0.696. The molecule has 2 saturated heterocycles. The van der Waals surface area contributed by atoms with Crippen LogP contribution in [0.15, 0.2) is 0 Å². The number of piperidine rings is 1. The fraction of sp³-hybridized carbons (Fsp3) is 0.769. The molecule has 0 aromatic rings. The normalized spacial score (nSPS) is 24.8. The van der Waals surface area contributed by atoms with E-state index in [9.17, 15) is 14.4 Å². The number of carbonyl (C=O) groups is 3. The Hall–Kier alpha value is -1.59. The Bertz CT molecular complexity index is 395. The topological polar surface area (TPSA) is 69.7 Å². The molecule has 4 amide bonds. The molecule has 2 heterocycles. The van der Waals surface area contributed by atoms with Crippen molar-refractivity contribution in [3.63, 3.8) is 0 Å². The first-order chi connectivity index (χ1) is 9.15. The maximum atomic E-state index is 12.0. The first-order valence-electron chi connectivity index (χ1n) is 7.03. The number of rotatable bonds is 3. The van der Waals surface area contributed by atoms with Crippen LogP contribution in [0.4, 0.5) is 4.79 Å². The third-order valence-electron chi connectivity index (χ3n) is 4.22. The zero-order valence-electron chi connectivity index (χ0n) is 10.9. The minimum Gasteiger partial charge on any atom is -0.343 e. The van der Waals surface area contributed by atoms with Crippen molar-refractivity contribution >= 4 is 17.8 Å². The van der Waals surface area contributed by atoms with E-state index in [-0.39, 0.29) is 30.4 Å². The molecule has 1 aliphatic carbocycles. The van der Waals surface area contributed by atoms with Gasteiger partial charge in [0.15, 0.2) is 0 Å². The molecule has 0 bridgehead atoms. The first-order valence-corrected chi connectivity index (χ1v) is 7.03. The summed E-state index contributed by atoms with van der Waals surface area (Å²) in [5.41, 5.74) is 0. The second-order valence-corrected chi connectivity index (χ2v) is 5.68. The number of hydrogen-bond donors (Lipinski definition) is 1. The van der Waals surface area contributed by atoms with Gasteiger partial charge in [-0.25, -0.2) is 4.79 Å². The Morgan fingerprint density at radius 1 is 1.16 bits per heavy atom. The van der Waals surface area contributed by atoms with Gasteiger partial charge >= 0.3 is 6.03 Å². The zero-order chi connectivity index (χ0) is 13.4. The van der Waals surface area contributed by atoms with Gasteiger partial charge in [-0.1, -0.05) is 0 Å². The van der Waals surface area contributed by atoms with Crippen molar-refractivity contribution in [1.82, 2.24) is 15.1 Å². The average molecular weight is 265 g/mol. The SMILES string of the molecule is O=C(CC1CC1)N1CCC(N2C(=O)CNC2=O)CC1. The average Bonchev–Trinajstić information content (AvgIpc) is 3.15. The lowest BCUT2D eigenvalue weighted by atomic mass is 10.0. The van der Waals surface area contributed by atoms with Gasteiger partial charge in [0, 0.05) is 25.6 Å². The lowest BCUT2D eigenvalue weighted by Gasteiger charge is -2.35. The molecule has 0 atom stereocenters. The molecule has 6 heteroatoms. The third kappa shape index (κ3) is 2.57. The van der Waals surface area contributed by atoms with Crippen molar-refractivity contribution in [1.29, 1.82) is 0 Å². The van der Waals surface area contributed by atoms with Gasteiger partial charge in [-0.15, -0.1) is 0 Å². The van der Waals surface area contributed by atoms with Gasteiger partial charge in [0.1, 0.15) is 0 Å².